The summed E-state index contributed by atoms with van der Waals surface area (Å²) in [5, 5.41) is 0. The van der Waals surface area contributed by atoms with Gasteiger partial charge in [-0.2, -0.15) is 0 Å². The zero-order valence-electron chi connectivity index (χ0n) is 11.7. The minimum Gasteiger partial charge on any atom is -0.463 e. The van der Waals surface area contributed by atoms with Gasteiger partial charge in [-0.3, -0.25) is 0 Å². The van der Waals surface area contributed by atoms with Crippen LogP contribution in [0.2, 0.25) is 0 Å². The number of fused-ring (bicyclic) bond motifs is 3. The van der Waals surface area contributed by atoms with E-state index in [0.717, 1.165) is 16.5 Å². The number of carbonyl (C=O) groups excluding carboxylic acids is 1. The second-order valence-electron chi connectivity index (χ2n) is 4.98. The maximum Gasteiger partial charge on any atom is 0.330 e. The molecule has 0 atom stereocenters. The van der Waals surface area contributed by atoms with Gasteiger partial charge < -0.3 is 4.74 Å². The number of rotatable bonds is 3. The molecule has 0 aliphatic heterocycles. The summed E-state index contributed by atoms with van der Waals surface area (Å²) in [6.45, 7) is 2.20. The van der Waals surface area contributed by atoms with Crippen LogP contribution in [0.15, 0.2) is 46.9 Å². The Kier molecular flexibility index (Phi) is 3.93. The molecule has 106 valence electrons. The fourth-order valence-electron chi connectivity index (χ4n) is 2.66. The topological polar surface area (TPSA) is 26.3 Å². The van der Waals surface area contributed by atoms with E-state index < -0.39 is 0 Å². The van der Waals surface area contributed by atoms with Crippen molar-refractivity contribution in [2.24, 2.45) is 0 Å². The fourth-order valence-corrected chi connectivity index (χ4v) is 3.07. The summed E-state index contributed by atoms with van der Waals surface area (Å²) in [5.41, 5.74) is 6.24. The van der Waals surface area contributed by atoms with E-state index in [-0.39, 0.29) is 5.97 Å². The van der Waals surface area contributed by atoms with Crippen molar-refractivity contribution < 1.29 is 9.53 Å². The van der Waals surface area contributed by atoms with E-state index in [1.807, 2.05) is 6.07 Å². The van der Waals surface area contributed by atoms with E-state index in [1.54, 1.807) is 13.0 Å². The minimum atomic E-state index is -0.301. The highest BCUT2D eigenvalue weighted by Gasteiger charge is 2.18. The number of esters is 1. The number of halogens is 1. The second kappa shape index (κ2) is 5.86. The van der Waals surface area contributed by atoms with Crippen LogP contribution in [-0.4, -0.2) is 12.6 Å². The molecule has 0 N–H and O–H groups in total. The van der Waals surface area contributed by atoms with Crippen LogP contribution in [0.5, 0.6) is 0 Å². The average molecular weight is 343 g/mol. The van der Waals surface area contributed by atoms with Gasteiger partial charge in [-0.25, -0.2) is 4.79 Å². The quantitative estimate of drug-likeness (QED) is 0.513. The van der Waals surface area contributed by atoms with E-state index in [9.17, 15) is 4.79 Å². The first-order valence-corrected chi connectivity index (χ1v) is 7.73. The zero-order chi connectivity index (χ0) is 14.8. The number of hydrogen-bond acceptors (Lipinski definition) is 2. The lowest BCUT2D eigenvalue weighted by molar-refractivity contribution is -0.137. The molecule has 2 aromatic rings. The van der Waals surface area contributed by atoms with Gasteiger partial charge in [-0.1, -0.05) is 40.2 Å². The standard InChI is InChI=1S/C18H15BrO2/c1-2-21-18(20)8-4-12-3-6-16-13(9-12)10-14-11-15(19)5-7-17(14)16/h3-9,11H,2,10H2,1H3. The molecule has 0 saturated heterocycles. The van der Waals surface area contributed by atoms with Gasteiger partial charge >= 0.3 is 5.97 Å². The molecule has 2 nitrogen and oxygen atoms in total. The molecular formula is C18H15BrO2. The number of benzene rings is 2. The van der Waals surface area contributed by atoms with Crippen molar-refractivity contribution >= 4 is 28.0 Å². The minimum absolute atomic E-state index is 0.301. The van der Waals surface area contributed by atoms with Crippen LogP contribution < -0.4 is 0 Å². The van der Waals surface area contributed by atoms with E-state index >= 15 is 0 Å². The van der Waals surface area contributed by atoms with Crippen molar-refractivity contribution in [1.82, 2.24) is 0 Å². The summed E-state index contributed by atoms with van der Waals surface area (Å²) in [7, 11) is 0. The summed E-state index contributed by atoms with van der Waals surface area (Å²) in [4.78, 5) is 11.4. The highest BCUT2D eigenvalue weighted by atomic mass is 79.9. The highest BCUT2D eigenvalue weighted by Crippen LogP contribution is 2.38. The van der Waals surface area contributed by atoms with Crippen LogP contribution >= 0.6 is 15.9 Å². The number of ether oxygens (including phenoxy) is 1. The monoisotopic (exact) mass is 342 g/mol. The zero-order valence-corrected chi connectivity index (χ0v) is 13.3. The van der Waals surface area contributed by atoms with Crippen molar-refractivity contribution in [1.29, 1.82) is 0 Å². The molecule has 21 heavy (non-hydrogen) atoms. The van der Waals surface area contributed by atoms with Crippen molar-refractivity contribution in [3.63, 3.8) is 0 Å². The summed E-state index contributed by atoms with van der Waals surface area (Å²) in [6, 6.07) is 12.7. The van der Waals surface area contributed by atoms with Crippen molar-refractivity contribution in [3.05, 3.63) is 63.6 Å². The average Bonchev–Trinajstić information content (AvgIpc) is 2.81. The molecule has 3 rings (SSSR count). The van der Waals surface area contributed by atoms with Crippen molar-refractivity contribution in [2.45, 2.75) is 13.3 Å². The van der Waals surface area contributed by atoms with Crippen molar-refractivity contribution in [2.75, 3.05) is 6.61 Å². The molecule has 1 aliphatic carbocycles. The van der Waals surface area contributed by atoms with E-state index in [4.69, 9.17) is 4.74 Å². The number of hydrogen-bond donors (Lipinski definition) is 0. The maximum atomic E-state index is 11.4. The van der Waals surface area contributed by atoms with Crippen molar-refractivity contribution in [3.8, 4) is 11.1 Å². The third-order valence-electron chi connectivity index (χ3n) is 3.57. The molecular weight excluding hydrogens is 328 g/mol. The highest BCUT2D eigenvalue weighted by molar-refractivity contribution is 9.10. The second-order valence-corrected chi connectivity index (χ2v) is 5.90. The maximum absolute atomic E-state index is 11.4. The van der Waals surface area contributed by atoms with E-state index in [0.29, 0.717) is 6.61 Å². The summed E-state index contributed by atoms with van der Waals surface area (Å²) in [6.07, 6.45) is 4.21. The van der Waals surface area contributed by atoms with Gasteiger partial charge in [0.05, 0.1) is 6.61 Å². The van der Waals surface area contributed by atoms with Gasteiger partial charge in [0.1, 0.15) is 0 Å². The van der Waals surface area contributed by atoms with Gasteiger partial charge in [0.2, 0.25) is 0 Å². The summed E-state index contributed by atoms with van der Waals surface area (Å²) >= 11 is 3.52. The molecule has 0 bridgehead atoms. The summed E-state index contributed by atoms with van der Waals surface area (Å²) < 4.78 is 6.00. The third kappa shape index (κ3) is 2.93. The molecule has 0 unspecified atom stereocenters. The Labute approximate surface area is 132 Å². The molecule has 0 saturated carbocycles. The molecule has 0 radical (unpaired) electrons. The molecule has 0 fully saturated rings. The van der Waals surface area contributed by atoms with Gasteiger partial charge in [0.25, 0.3) is 0 Å². The van der Waals surface area contributed by atoms with E-state index in [1.165, 1.54) is 28.3 Å². The van der Waals surface area contributed by atoms with Crippen LogP contribution in [0.1, 0.15) is 23.6 Å². The van der Waals surface area contributed by atoms with Crippen LogP contribution in [-0.2, 0) is 16.0 Å². The largest absolute Gasteiger partial charge is 0.463 e. The third-order valence-corrected chi connectivity index (χ3v) is 4.06. The normalized spacial score (nSPS) is 12.3. The van der Waals surface area contributed by atoms with Gasteiger partial charge in [0, 0.05) is 10.5 Å². The Morgan fingerprint density at radius 2 is 1.90 bits per heavy atom. The molecule has 0 amide bonds. The van der Waals surface area contributed by atoms with E-state index in [2.05, 4.69) is 46.3 Å². The Balaban J connectivity index is 1.87. The molecule has 2 aromatic carbocycles. The van der Waals surface area contributed by atoms with Gasteiger partial charge in [-0.05, 0) is 59.4 Å². The first-order chi connectivity index (χ1) is 10.2. The van der Waals surface area contributed by atoms with Crippen LogP contribution in [0, 0.1) is 0 Å². The fraction of sp³-hybridized carbons (Fsp3) is 0.167. The molecule has 0 heterocycles. The smallest absolute Gasteiger partial charge is 0.330 e. The number of carbonyl (C=O) groups is 1. The SMILES string of the molecule is CCOC(=O)C=Cc1ccc2c(c1)Cc1cc(Br)ccc1-2. The van der Waals surface area contributed by atoms with Gasteiger partial charge in [0.15, 0.2) is 0 Å². The first kappa shape index (κ1) is 14.1. The lowest BCUT2D eigenvalue weighted by Gasteiger charge is -2.02. The van der Waals surface area contributed by atoms with Crippen LogP contribution in [0.25, 0.3) is 17.2 Å². The van der Waals surface area contributed by atoms with Gasteiger partial charge in [-0.15, -0.1) is 0 Å². The molecule has 3 heteroatoms. The Bertz CT molecular complexity index is 732. The van der Waals surface area contributed by atoms with Crippen LogP contribution in [0.4, 0.5) is 0 Å². The predicted octanol–water partition coefficient (Wildman–Crippen LogP) is 4.60. The molecule has 1 aliphatic rings. The molecule has 0 aromatic heterocycles. The van der Waals surface area contributed by atoms with Crippen LogP contribution in [0.3, 0.4) is 0 Å². The predicted molar refractivity (Wildman–Crippen MR) is 88.1 cm³/mol. The Morgan fingerprint density at radius 3 is 2.67 bits per heavy atom. The lowest BCUT2D eigenvalue weighted by Crippen LogP contribution is -1.98. The Hall–Kier alpha value is -1.87. The Morgan fingerprint density at radius 1 is 1.19 bits per heavy atom. The summed E-state index contributed by atoms with van der Waals surface area (Å²) in [5.74, 6) is -0.301. The lowest BCUT2D eigenvalue weighted by atomic mass is 10.0. The first-order valence-electron chi connectivity index (χ1n) is 6.94. The molecule has 0 spiro atoms.